The van der Waals surface area contributed by atoms with Crippen molar-refractivity contribution in [3.63, 3.8) is 0 Å². The van der Waals surface area contributed by atoms with Crippen molar-refractivity contribution in [1.82, 2.24) is 4.90 Å². The van der Waals surface area contributed by atoms with Crippen molar-refractivity contribution in [2.45, 2.75) is 38.1 Å². The van der Waals surface area contributed by atoms with Gasteiger partial charge in [-0.2, -0.15) is 0 Å². The van der Waals surface area contributed by atoms with Crippen LogP contribution in [0.4, 0.5) is 4.39 Å². The lowest BCUT2D eigenvalue weighted by Gasteiger charge is -2.43. The van der Waals surface area contributed by atoms with Gasteiger partial charge in [0.25, 0.3) is 0 Å². The molecule has 116 valence electrons. The van der Waals surface area contributed by atoms with Crippen LogP contribution >= 0.6 is 23.2 Å². The summed E-state index contributed by atoms with van der Waals surface area (Å²) in [7, 11) is 0. The molecule has 1 unspecified atom stereocenters. The average Bonchev–Trinajstić information content (AvgIpc) is 2.43. The Kier molecular flexibility index (Phi) is 5.12. The number of piperidine rings is 1. The first-order valence-corrected chi connectivity index (χ1v) is 7.72. The molecule has 1 heterocycles. The molecule has 6 heteroatoms. The highest BCUT2D eigenvalue weighted by Gasteiger charge is 2.38. The minimum atomic E-state index is -0.936. The number of hydrogen-bond donors (Lipinski definition) is 1. The Bertz CT molecular complexity index is 547. The standard InChI is InChI=1S/C15H18Cl2FNO2/c1-15(9-14(20)21,19-5-3-2-4-6-19)10-7-13(18)12(17)8-11(10)16/h7-8H,2-6,9H2,1H3,(H,20,21). The molecule has 1 fully saturated rings. The highest BCUT2D eigenvalue weighted by molar-refractivity contribution is 6.35. The first-order chi connectivity index (χ1) is 9.84. The molecule has 0 aliphatic carbocycles. The van der Waals surface area contributed by atoms with Gasteiger partial charge in [-0.05, 0) is 50.6 Å². The van der Waals surface area contributed by atoms with Crippen LogP contribution in [0.2, 0.25) is 10.0 Å². The fourth-order valence-electron chi connectivity index (χ4n) is 2.99. The van der Waals surface area contributed by atoms with E-state index in [1.165, 1.54) is 12.1 Å². The van der Waals surface area contributed by atoms with E-state index in [4.69, 9.17) is 23.2 Å². The number of benzene rings is 1. The molecule has 21 heavy (non-hydrogen) atoms. The van der Waals surface area contributed by atoms with Crippen LogP contribution in [0.1, 0.15) is 38.2 Å². The number of likely N-dealkylation sites (tertiary alicyclic amines) is 1. The van der Waals surface area contributed by atoms with Gasteiger partial charge in [0.15, 0.2) is 0 Å². The fourth-order valence-corrected chi connectivity index (χ4v) is 3.58. The van der Waals surface area contributed by atoms with Gasteiger partial charge >= 0.3 is 5.97 Å². The number of aliphatic carboxylic acids is 1. The highest BCUT2D eigenvalue weighted by atomic mass is 35.5. The van der Waals surface area contributed by atoms with Crippen LogP contribution in [0.3, 0.4) is 0 Å². The SMILES string of the molecule is CC(CC(=O)O)(c1cc(F)c(Cl)cc1Cl)N1CCCCC1. The second-order valence-corrected chi connectivity index (χ2v) is 6.45. The second kappa shape index (κ2) is 6.51. The van der Waals surface area contributed by atoms with E-state index in [1.807, 2.05) is 0 Å². The Balaban J connectivity index is 2.48. The highest BCUT2D eigenvalue weighted by Crippen LogP contribution is 2.39. The van der Waals surface area contributed by atoms with Gasteiger partial charge in [0.2, 0.25) is 0 Å². The van der Waals surface area contributed by atoms with E-state index >= 15 is 0 Å². The Morgan fingerprint density at radius 1 is 1.29 bits per heavy atom. The number of carboxylic acids is 1. The van der Waals surface area contributed by atoms with Gasteiger partial charge < -0.3 is 5.11 Å². The molecule has 1 N–H and O–H groups in total. The van der Waals surface area contributed by atoms with E-state index in [9.17, 15) is 14.3 Å². The molecule has 1 atom stereocenters. The van der Waals surface area contributed by atoms with Crippen LogP contribution in [-0.4, -0.2) is 29.1 Å². The molecule has 0 amide bonds. The van der Waals surface area contributed by atoms with Crippen LogP contribution in [0.5, 0.6) is 0 Å². The molecule has 3 nitrogen and oxygen atoms in total. The lowest BCUT2D eigenvalue weighted by atomic mass is 9.85. The Morgan fingerprint density at radius 3 is 2.48 bits per heavy atom. The van der Waals surface area contributed by atoms with Crippen LogP contribution in [0.15, 0.2) is 12.1 Å². The summed E-state index contributed by atoms with van der Waals surface area (Å²) in [6.07, 6.45) is 3.00. The molecule has 0 aromatic heterocycles. The molecule has 1 aromatic carbocycles. The van der Waals surface area contributed by atoms with Gasteiger partial charge in [-0.15, -0.1) is 0 Å². The monoisotopic (exact) mass is 333 g/mol. The minimum Gasteiger partial charge on any atom is -0.481 e. The maximum atomic E-state index is 13.8. The number of hydrogen-bond acceptors (Lipinski definition) is 2. The van der Waals surface area contributed by atoms with Gasteiger partial charge in [0, 0.05) is 5.02 Å². The van der Waals surface area contributed by atoms with E-state index < -0.39 is 17.3 Å². The summed E-state index contributed by atoms with van der Waals surface area (Å²) >= 11 is 12.0. The predicted octanol–water partition coefficient (Wildman–Crippen LogP) is 4.31. The topological polar surface area (TPSA) is 40.5 Å². The van der Waals surface area contributed by atoms with Crippen LogP contribution in [0, 0.1) is 5.82 Å². The molecule has 1 aliphatic heterocycles. The molecular weight excluding hydrogens is 316 g/mol. The smallest absolute Gasteiger partial charge is 0.305 e. The fraction of sp³-hybridized carbons (Fsp3) is 0.533. The number of nitrogens with zero attached hydrogens (tertiary/aromatic N) is 1. The molecule has 0 radical (unpaired) electrons. The average molecular weight is 334 g/mol. The second-order valence-electron chi connectivity index (χ2n) is 5.64. The zero-order chi connectivity index (χ0) is 15.6. The summed E-state index contributed by atoms with van der Waals surface area (Å²) in [5.41, 5.74) is -0.357. The van der Waals surface area contributed by atoms with Gasteiger partial charge in [-0.1, -0.05) is 29.6 Å². The summed E-state index contributed by atoms with van der Waals surface area (Å²) in [5, 5.41) is 9.51. The first-order valence-electron chi connectivity index (χ1n) is 6.96. The summed E-state index contributed by atoms with van der Waals surface area (Å²) in [4.78, 5) is 13.4. The van der Waals surface area contributed by atoms with Crippen molar-refractivity contribution in [2.75, 3.05) is 13.1 Å². The van der Waals surface area contributed by atoms with Crippen LogP contribution in [-0.2, 0) is 10.3 Å². The van der Waals surface area contributed by atoms with E-state index in [1.54, 1.807) is 6.92 Å². The van der Waals surface area contributed by atoms with Crippen LogP contribution in [0.25, 0.3) is 0 Å². The molecule has 1 aromatic rings. The third-order valence-electron chi connectivity index (χ3n) is 4.14. The molecule has 0 bridgehead atoms. The molecule has 1 aliphatic rings. The molecule has 2 rings (SSSR count). The van der Waals surface area contributed by atoms with Gasteiger partial charge in [-0.3, -0.25) is 9.69 Å². The maximum absolute atomic E-state index is 13.8. The van der Waals surface area contributed by atoms with E-state index in [0.29, 0.717) is 10.6 Å². The molecular formula is C15H18Cl2FNO2. The van der Waals surface area contributed by atoms with Crippen molar-refractivity contribution in [1.29, 1.82) is 0 Å². The minimum absolute atomic E-state index is 0.0555. The Hall–Kier alpha value is -0.840. The Labute approximate surface area is 133 Å². The number of carbonyl (C=O) groups is 1. The Morgan fingerprint density at radius 2 is 1.90 bits per heavy atom. The summed E-state index contributed by atoms with van der Waals surface area (Å²) in [6.45, 7) is 3.37. The number of carboxylic acid groups (broad SMARTS) is 1. The maximum Gasteiger partial charge on any atom is 0.305 e. The van der Waals surface area contributed by atoms with Gasteiger partial charge in [0.1, 0.15) is 5.82 Å². The van der Waals surface area contributed by atoms with E-state index in [2.05, 4.69) is 4.90 Å². The molecule has 1 saturated heterocycles. The van der Waals surface area contributed by atoms with Gasteiger partial charge in [0.05, 0.1) is 17.0 Å². The quantitative estimate of drug-likeness (QED) is 0.834. The lowest BCUT2D eigenvalue weighted by Crippen LogP contribution is -2.48. The zero-order valence-corrected chi connectivity index (χ0v) is 13.3. The normalized spacial score (nSPS) is 19.2. The van der Waals surface area contributed by atoms with Crippen molar-refractivity contribution in [3.05, 3.63) is 33.6 Å². The predicted molar refractivity (Wildman–Crippen MR) is 81.4 cm³/mol. The van der Waals surface area contributed by atoms with E-state index in [0.717, 1.165) is 32.4 Å². The van der Waals surface area contributed by atoms with Crippen molar-refractivity contribution in [2.24, 2.45) is 0 Å². The van der Waals surface area contributed by atoms with E-state index in [-0.39, 0.29) is 11.4 Å². The number of halogens is 3. The zero-order valence-electron chi connectivity index (χ0n) is 11.8. The lowest BCUT2D eigenvalue weighted by molar-refractivity contribution is -0.140. The molecule has 0 spiro atoms. The third kappa shape index (κ3) is 3.50. The van der Waals surface area contributed by atoms with Crippen molar-refractivity contribution in [3.8, 4) is 0 Å². The molecule has 0 saturated carbocycles. The van der Waals surface area contributed by atoms with Crippen molar-refractivity contribution < 1.29 is 14.3 Å². The number of rotatable bonds is 4. The first kappa shape index (κ1) is 16.5. The largest absolute Gasteiger partial charge is 0.481 e. The third-order valence-corrected chi connectivity index (χ3v) is 4.74. The summed E-state index contributed by atoms with van der Waals surface area (Å²) in [6, 6.07) is 2.61. The van der Waals surface area contributed by atoms with Crippen LogP contribution < -0.4 is 0 Å². The van der Waals surface area contributed by atoms with Gasteiger partial charge in [-0.25, -0.2) is 4.39 Å². The summed E-state index contributed by atoms with van der Waals surface area (Å²) in [5.74, 6) is -1.51. The van der Waals surface area contributed by atoms with Crippen molar-refractivity contribution >= 4 is 29.2 Å². The summed E-state index contributed by atoms with van der Waals surface area (Å²) < 4.78 is 13.8.